The van der Waals surface area contributed by atoms with Crippen LogP contribution < -0.4 is 5.32 Å². The maximum Gasteiger partial charge on any atom is 0.230 e. The monoisotopic (exact) mass is 294 g/mol. The summed E-state index contributed by atoms with van der Waals surface area (Å²) >= 11 is 1.83. The van der Waals surface area contributed by atoms with Gasteiger partial charge in [0, 0.05) is 36.7 Å². The van der Waals surface area contributed by atoms with Gasteiger partial charge >= 0.3 is 0 Å². The van der Waals surface area contributed by atoms with Gasteiger partial charge in [-0.3, -0.25) is 9.59 Å². The summed E-state index contributed by atoms with van der Waals surface area (Å²) in [5, 5.41) is 2.63. The van der Waals surface area contributed by atoms with Crippen molar-refractivity contribution in [1.82, 2.24) is 4.90 Å². The van der Waals surface area contributed by atoms with Crippen molar-refractivity contribution >= 4 is 29.3 Å². The highest BCUT2D eigenvalue weighted by molar-refractivity contribution is 7.99. The van der Waals surface area contributed by atoms with Crippen molar-refractivity contribution in [2.75, 3.05) is 29.9 Å². The van der Waals surface area contributed by atoms with Crippen LogP contribution in [0.15, 0.2) is 18.2 Å². The lowest BCUT2D eigenvalue weighted by atomic mass is 9.89. The molecule has 0 aliphatic carbocycles. The first-order valence-corrected chi connectivity index (χ1v) is 7.76. The Morgan fingerprint density at radius 3 is 2.85 bits per heavy atom. The second-order valence-electron chi connectivity index (χ2n) is 4.97. The summed E-state index contributed by atoms with van der Waals surface area (Å²) in [6, 6.07) is 4.22. The van der Waals surface area contributed by atoms with Gasteiger partial charge < -0.3 is 10.2 Å². The fourth-order valence-electron chi connectivity index (χ4n) is 2.66. The molecule has 2 aliphatic heterocycles. The Labute approximate surface area is 120 Å². The predicted molar refractivity (Wildman–Crippen MR) is 76.3 cm³/mol. The average Bonchev–Trinajstić information content (AvgIpc) is 2.46. The van der Waals surface area contributed by atoms with Crippen LogP contribution in [0.5, 0.6) is 0 Å². The summed E-state index contributed by atoms with van der Waals surface area (Å²) in [6.07, 6.45) is 0.140. The number of hydrogen-bond donors (Lipinski definition) is 1. The molecule has 0 saturated carbocycles. The number of hydrogen-bond acceptors (Lipinski definition) is 3. The first-order valence-electron chi connectivity index (χ1n) is 6.61. The van der Waals surface area contributed by atoms with Gasteiger partial charge in [0.1, 0.15) is 5.82 Å². The highest BCUT2D eigenvalue weighted by atomic mass is 32.2. The zero-order chi connectivity index (χ0) is 14.1. The van der Waals surface area contributed by atoms with E-state index < -0.39 is 11.7 Å². The molecule has 1 aromatic rings. The molecule has 1 saturated heterocycles. The molecule has 1 atom stereocenters. The molecule has 106 valence electrons. The van der Waals surface area contributed by atoms with Crippen LogP contribution in [-0.4, -0.2) is 41.3 Å². The van der Waals surface area contributed by atoms with Gasteiger partial charge in [-0.15, -0.1) is 0 Å². The molecule has 0 bridgehead atoms. The predicted octanol–water partition coefficient (Wildman–Crippen LogP) is 1.83. The van der Waals surface area contributed by atoms with E-state index in [-0.39, 0.29) is 18.2 Å². The smallest absolute Gasteiger partial charge is 0.230 e. The second kappa shape index (κ2) is 5.44. The first-order chi connectivity index (χ1) is 9.65. The molecular weight excluding hydrogens is 279 g/mol. The van der Waals surface area contributed by atoms with Crippen LogP contribution in [-0.2, 0) is 9.59 Å². The minimum atomic E-state index is -0.484. The Morgan fingerprint density at radius 2 is 2.10 bits per heavy atom. The minimum absolute atomic E-state index is 0.0204. The van der Waals surface area contributed by atoms with Crippen molar-refractivity contribution < 1.29 is 14.0 Å². The van der Waals surface area contributed by atoms with Gasteiger partial charge in [0.2, 0.25) is 11.8 Å². The number of nitrogens with zero attached hydrogens (tertiary/aromatic N) is 1. The third-order valence-electron chi connectivity index (χ3n) is 3.68. The molecule has 6 heteroatoms. The van der Waals surface area contributed by atoms with Gasteiger partial charge in [-0.2, -0.15) is 11.8 Å². The van der Waals surface area contributed by atoms with Crippen molar-refractivity contribution in [3.63, 3.8) is 0 Å². The highest BCUT2D eigenvalue weighted by Gasteiger charge is 2.34. The molecule has 0 aromatic heterocycles. The van der Waals surface area contributed by atoms with Gasteiger partial charge in [-0.1, -0.05) is 6.07 Å². The Balaban J connectivity index is 1.90. The van der Waals surface area contributed by atoms with Gasteiger partial charge in [0.05, 0.1) is 5.92 Å². The highest BCUT2D eigenvalue weighted by Crippen LogP contribution is 2.34. The SMILES string of the molecule is O=C1C[C@@H](C(=O)N2CCSCC2)c2ccc(F)cc2N1. The van der Waals surface area contributed by atoms with Crippen LogP contribution in [0.2, 0.25) is 0 Å². The first kappa shape index (κ1) is 13.4. The molecule has 1 N–H and O–H groups in total. The molecule has 3 rings (SSSR count). The second-order valence-corrected chi connectivity index (χ2v) is 6.20. The van der Waals surface area contributed by atoms with E-state index in [0.29, 0.717) is 11.3 Å². The van der Waals surface area contributed by atoms with Crippen molar-refractivity contribution in [3.05, 3.63) is 29.6 Å². The van der Waals surface area contributed by atoms with Crippen molar-refractivity contribution in [1.29, 1.82) is 0 Å². The lowest BCUT2D eigenvalue weighted by Gasteiger charge is -2.32. The fourth-order valence-corrected chi connectivity index (χ4v) is 3.56. The molecule has 2 amide bonds. The molecule has 0 unspecified atom stereocenters. The third-order valence-corrected chi connectivity index (χ3v) is 4.62. The number of fused-ring (bicyclic) bond motifs is 1. The van der Waals surface area contributed by atoms with Gasteiger partial charge in [0.25, 0.3) is 0 Å². The zero-order valence-corrected chi connectivity index (χ0v) is 11.7. The lowest BCUT2D eigenvalue weighted by Crippen LogP contribution is -2.42. The summed E-state index contributed by atoms with van der Waals surface area (Å²) in [4.78, 5) is 26.1. The molecule has 2 aliphatic rings. The van der Waals surface area contributed by atoms with E-state index in [1.807, 2.05) is 16.7 Å². The van der Waals surface area contributed by atoms with Gasteiger partial charge in [0.15, 0.2) is 0 Å². The van der Waals surface area contributed by atoms with Crippen molar-refractivity contribution in [2.45, 2.75) is 12.3 Å². The van der Waals surface area contributed by atoms with E-state index in [9.17, 15) is 14.0 Å². The number of benzene rings is 1. The average molecular weight is 294 g/mol. The molecule has 0 radical (unpaired) electrons. The van der Waals surface area contributed by atoms with Gasteiger partial charge in [-0.05, 0) is 17.7 Å². The number of carbonyl (C=O) groups excluding carboxylic acids is 2. The zero-order valence-electron chi connectivity index (χ0n) is 10.9. The number of halogens is 1. The maximum atomic E-state index is 13.3. The standard InChI is InChI=1S/C14H15FN2O2S/c15-9-1-2-10-11(8-13(18)16-12(10)7-9)14(19)17-3-5-20-6-4-17/h1-2,7,11H,3-6,8H2,(H,16,18)/t11-/m1/s1. The van der Waals surface area contributed by atoms with E-state index in [2.05, 4.69) is 5.32 Å². The normalized spacial score (nSPS) is 22.1. The van der Waals surface area contributed by atoms with E-state index in [4.69, 9.17) is 0 Å². The Hall–Kier alpha value is -1.56. The van der Waals surface area contributed by atoms with E-state index in [1.54, 1.807) is 6.07 Å². The summed E-state index contributed by atoms with van der Waals surface area (Å²) < 4.78 is 13.3. The van der Waals surface area contributed by atoms with Gasteiger partial charge in [-0.25, -0.2) is 4.39 Å². The number of amides is 2. The minimum Gasteiger partial charge on any atom is -0.341 e. The van der Waals surface area contributed by atoms with Crippen LogP contribution >= 0.6 is 11.8 Å². The van der Waals surface area contributed by atoms with Crippen LogP contribution in [0, 0.1) is 5.82 Å². The maximum absolute atomic E-state index is 13.3. The summed E-state index contributed by atoms with van der Waals surface area (Å²) in [7, 11) is 0. The summed E-state index contributed by atoms with van der Waals surface area (Å²) in [5.74, 6) is 0.719. The van der Waals surface area contributed by atoms with E-state index in [0.717, 1.165) is 24.6 Å². The Bertz CT molecular complexity index is 558. The Kier molecular flexibility index (Phi) is 3.65. The van der Waals surface area contributed by atoms with Crippen LogP contribution in [0.3, 0.4) is 0 Å². The number of carbonyl (C=O) groups is 2. The van der Waals surface area contributed by atoms with E-state index >= 15 is 0 Å². The number of nitrogens with one attached hydrogen (secondary N) is 1. The number of anilines is 1. The number of rotatable bonds is 1. The lowest BCUT2D eigenvalue weighted by molar-refractivity contribution is -0.134. The molecule has 1 fully saturated rings. The quantitative estimate of drug-likeness (QED) is 0.859. The molecule has 2 heterocycles. The number of thioether (sulfide) groups is 1. The fraction of sp³-hybridized carbons (Fsp3) is 0.429. The molecule has 4 nitrogen and oxygen atoms in total. The third kappa shape index (κ3) is 2.52. The molecule has 0 spiro atoms. The van der Waals surface area contributed by atoms with Crippen molar-refractivity contribution in [3.8, 4) is 0 Å². The van der Waals surface area contributed by atoms with Crippen molar-refractivity contribution in [2.24, 2.45) is 0 Å². The Morgan fingerprint density at radius 1 is 1.35 bits per heavy atom. The summed E-state index contributed by atoms with van der Waals surface area (Å²) in [6.45, 7) is 1.44. The summed E-state index contributed by atoms with van der Waals surface area (Å²) in [5.41, 5.74) is 1.14. The molecule has 20 heavy (non-hydrogen) atoms. The van der Waals surface area contributed by atoms with Crippen LogP contribution in [0.4, 0.5) is 10.1 Å². The van der Waals surface area contributed by atoms with Crippen LogP contribution in [0.25, 0.3) is 0 Å². The molecular formula is C14H15FN2O2S. The van der Waals surface area contributed by atoms with E-state index in [1.165, 1.54) is 12.1 Å². The molecule has 1 aromatic carbocycles. The van der Waals surface area contributed by atoms with Crippen LogP contribution in [0.1, 0.15) is 17.9 Å². The largest absolute Gasteiger partial charge is 0.341 e. The topological polar surface area (TPSA) is 49.4 Å².